The standard InChI is InChI=1S/C19H21N5O/c1-14-19(23-17-5-3-2-4-16(17)22-14)24-10-6-15(7-11-24)13-25-18-12-20-8-9-21-18/h2-5,8-9,12,15H,6-7,10-11,13H2,1H3. The Bertz CT molecular complexity index is 847. The smallest absolute Gasteiger partial charge is 0.232 e. The Kier molecular flexibility index (Phi) is 4.41. The SMILES string of the molecule is Cc1nc2ccccc2nc1N1CCC(COc2cnccn2)CC1. The Morgan fingerprint density at radius 1 is 1.08 bits per heavy atom. The molecule has 3 heterocycles. The van der Waals surface area contributed by atoms with E-state index in [4.69, 9.17) is 14.7 Å². The van der Waals surface area contributed by atoms with Crippen LogP contribution < -0.4 is 9.64 Å². The second-order valence-corrected chi connectivity index (χ2v) is 6.41. The van der Waals surface area contributed by atoms with Gasteiger partial charge in [-0.25, -0.2) is 15.0 Å². The van der Waals surface area contributed by atoms with E-state index >= 15 is 0 Å². The van der Waals surface area contributed by atoms with Gasteiger partial charge in [-0.15, -0.1) is 0 Å². The van der Waals surface area contributed by atoms with Crippen LogP contribution in [0.3, 0.4) is 0 Å². The van der Waals surface area contributed by atoms with Crippen molar-refractivity contribution in [1.82, 2.24) is 19.9 Å². The fraction of sp³-hybridized carbons (Fsp3) is 0.368. The van der Waals surface area contributed by atoms with Gasteiger partial charge in [-0.3, -0.25) is 4.98 Å². The number of anilines is 1. The van der Waals surface area contributed by atoms with Crippen LogP contribution in [0, 0.1) is 12.8 Å². The summed E-state index contributed by atoms with van der Waals surface area (Å²) in [5.41, 5.74) is 2.90. The van der Waals surface area contributed by atoms with Crippen molar-refractivity contribution in [1.29, 1.82) is 0 Å². The lowest BCUT2D eigenvalue weighted by molar-refractivity contribution is 0.215. The fourth-order valence-corrected chi connectivity index (χ4v) is 3.25. The number of rotatable bonds is 4. The van der Waals surface area contributed by atoms with Gasteiger partial charge in [0.15, 0.2) is 5.82 Å². The van der Waals surface area contributed by atoms with Crippen molar-refractivity contribution in [3.8, 4) is 5.88 Å². The highest BCUT2D eigenvalue weighted by Crippen LogP contribution is 2.25. The molecule has 2 aromatic heterocycles. The van der Waals surface area contributed by atoms with Crippen molar-refractivity contribution in [3.05, 3.63) is 48.5 Å². The largest absolute Gasteiger partial charge is 0.476 e. The Morgan fingerprint density at radius 3 is 2.56 bits per heavy atom. The minimum Gasteiger partial charge on any atom is -0.476 e. The minimum absolute atomic E-state index is 0.534. The maximum atomic E-state index is 5.75. The number of aromatic nitrogens is 4. The molecule has 0 N–H and O–H groups in total. The molecule has 0 unspecified atom stereocenters. The second-order valence-electron chi connectivity index (χ2n) is 6.41. The van der Waals surface area contributed by atoms with Crippen molar-refractivity contribution in [2.24, 2.45) is 5.92 Å². The van der Waals surface area contributed by atoms with E-state index in [-0.39, 0.29) is 0 Å². The molecule has 1 aliphatic heterocycles. The number of aryl methyl sites for hydroxylation is 1. The molecule has 0 spiro atoms. The molecule has 1 saturated heterocycles. The van der Waals surface area contributed by atoms with Crippen LogP contribution in [0.1, 0.15) is 18.5 Å². The van der Waals surface area contributed by atoms with Crippen LogP contribution in [-0.4, -0.2) is 39.6 Å². The third kappa shape index (κ3) is 3.52. The quantitative estimate of drug-likeness (QED) is 0.730. The number of piperidine rings is 1. The monoisotopic (exact) mass is 335 g/mol. The number of hydrogen-bond acceptors (Lipinski definition) is 6. The van der Waals surface area contributed by atoms with Crippen molar-refractivity contribution in [3.63, 3.8) is 0 Å². The minimum atomic E-state index is 0.534. The molecule has 1 aliphatic rings. The van der Waals surface area contributed by atoms with Crippen molar-refractivity contribution in [2.75, 3.05) is 24.6 Å². The molecule has 6 nitrogen and oxygen atoms in total. The maximum absolute atomic E-state index is 5.75. The van der Waals surface area contributed by atoms with Gasteiger partial charge < -0.3 is 9.64 Å². The summed E-state index contributed by atoms with van der Waals surface area (Å²) in [6.45, 7) is 4.68. The van der Waals surface area contributed by atoms with E-state index < -0.39 is 0 Å². The van der Waals surface area contributed by atoms with Crippen molar-refractivity contribution >= 4 is 16.9 Å². The van der Waals surface area contributed by atoms with Crippen molar-refractivity contribution < 1.29 is 4.74 Å². The van der Waals surface area contributed by atoms with Crippen LogP contribution in [0.15, 0.2) is 42.9 Å². The third-order valence-electron chi connectivity index (χ3n) is 4.64. The molecule has 1 fully saturated rings. The number of benzene rings is 1. The molecular weight excluding hydrogens is 314 g/mol. The third-order valence-corrected chi connectivity index (χ3v) is 4.64. The van der Waals surface area contributed by atoms with Gasteiger partial charge in [-0.1, -0.05) is 12.1 Å². The Balaban J connectivity index is 1.39. The summed E-state index contributed by atoms with van der Waals surface area (Å²) in [7, 11) is 0. The summed E-state index contributed by atoms with van der Waals surface area (Å²) in [5.74, 6) is 2.14. The zero-order valence-electron chi connectivity index (χ0n) is 14.3. The van der Waals surface area contributed by atoms with Gasteiger partial charge in [0.05, 0.1) is 29.5 Å². The lowest BCUT2D eigenvalue weighted by atomic mass is 9.98. The van der Waals surface area contributed by atoms with E-state index in [0.717, 1.165) is 48.5 Å². The number of hydrogen-bond donors (Lipinski definition) is 0. The highest BCUT2D eigenvalue weighted by molar-refractivity contribution is 5.76. The Hall–Kier alpha value is -2.76. The molecule has 0 aliphatic carbocycles. The molecular formula is C19H21N5O. The fourth-order valence-electron chi connectivity index (χ4n) is 3.25. The Morgan fingerprint density at radius 2 is 1.84 bits per heavy atom. The number of ether oxygens (including phenoxy) is 1. The first-order valence-corrected chi connectivity index (χ1v) is 8.67. The van der Waals surface area contributed by atoms with Crippen LogP contribution in [0.2, 0.25) is 0 Å². The second kappa shape index (κ2) is 7.01. The lowest BCUT2D eigenvalue weighted by Crippen LogP contribution is -2.36. The normalized spacial score (nSPS) is 15.5. The number of para-hydroxylation sites is 2. The molecule has 0 bridgehead atoms. The molecule has 4 rings (SSSR count). The first-order chi connectivity index (χ1) is 12.3. The van der Waals surface area contributed by atoms with Gasteiger partial charge in [0.25, 0.3) is 0 Å². The van der Waals surface area contributed by atoms with Crippen molar-refractivity contribution in [2.45, 2.75) is 19.8 Å². The van der Waals surface area contributed by atoms with E-state index in [9.17, 15) is 0 Å². The van der Waals surface area contributed by atoms with Gasteiger partial charge >= 0.3 is 0 Å². The predicted molar refractivity (Wildman–Crippen MR) is 96.7 cm³/mol. The molecule has 1 aromatic carbocycles. The van der Waals surface area contributed by atoms with Crippen LogP contribution in [-0.2, 0) is 0 Å². The van der Waals surface area contributed by atoms with E-state index in [1.807, 2.05) is 31.2 Å². The summed E-state index contributed by atoms with van der Waals surface area (Å²) in [6.07, 6.45) is 7.11. The van der Waals surface area contributed by atoms with Crippen LogP contribution in [0.5, 0.6) is 5.88 Å². The molecule has 6 heteroatoms. The van der Waals surface area contributed by atoms with E-state index in [1.165, 1.54) is 0 Å². The first-order valence-electron chi connectivity index (χ1n) is 8.67. The summed E-state index contributed by atoms with van der Waals surface area (Å²) >= 11 is 0. The lowest BCUT2D eigenvalue weighted by Gasteiger charge is -2.33. The van der Waals surface area contributed by atoms with Gasteiger partial charge in [0, 0.05) is 25.5 Å². The summed E-state index contributed by atoms with van der Waals surface area (Å²) < 4.78 is 5.75. The highest BCUT2D eigenvalue weighted by atomic mass is 16.5. The average molecular weight is 335 g/mol. The van der Waals surface area contributed by atoms with E-state index in [2.05, 4.69) is 14.9 Å². The molecule has 25 heavy (non-hydrogen) atoms. The summed E-state index contributed by atoms with van der Waals surface area (Å²) in [6, 6.07) is 8.03. The van der Waals surface area contributed by atoms with Gasteiger partial charge in [-0.05, 0) is 37.8 Å². The van der Waals surface area contributed by atoms with E-state index in [0.29, 0.717) is 18.4 Å². The van der Waals surface area contributed by atoms with E-state index in [1.54, 1.807) is 18.6 Å². The molecule has 128 valence electrons. The molecule has 0 saturated carbocycles. The number of fused-ring (bicyclic) bond motifs is 1. The average Bonchev–Trinajstić information content (AvgIpc) is 2.67. The highest BCUT2D eigenvalue weighted by Gasteiger charge is 2.22. The topological polar surface area (TPSA) is 64.0 Å². The molecule has 0 amide bonds. The van der Waals surface area contributed by atoms with Gasteiger partial charge in [-0.2, -0.15) is 0 Å². The van der Waals surface area contributed by atoms with Crippen LogP contribution >= 0.6 is 0 Å². The molecule has 0 atom stereocenters. The maximum Gasteiger partial charge on any atom is 0.232 e. The van der Waals surface area contributed by atoms with Crippen LogP contribution in [0.25, 0.3) is 11.0 Å². The first kappa shape index (κ1) is 15.7. The predicted octanol–water partition coefficient (Wildman–Crippen LogP) is 3.02. The summed E-state index contributed by atoms with van der Waals surface area (Å²) in [4.78, 5) is 20.1. The zero-order valence-corrected chi connectivity index (χ0v) is 14.3. The molecule has 3 aromatic rings. The zero-order chi connectivity index (χ0) is 17.1. The van der Waals surface area contributed by atoms with Gasteiger partial charge in [0.1, 0.15) is 0 Å². The van der Waals surface area contributed by atoms with Gasteiger partial charge in [0.2, 0.25) is 5.88 Å². The molecule has 0 radical (unpaired) electrons. The Labute approximate surface area is 146 Å². The number of nitrogens with zero attached hydrogens (tertiary/aromatic N) is 5. The summed E-state index contributed by atoms with van der Waals surface area (Å²) in [5, 5.41) is 0. The van der Waals surface area contributed by atoms with Crippen LogP contribution in [0.4, 0.5) is 5.82 Å².